The molecule has 30 heavy (non-hydrogen) atoms. The number of carbonyl (C=O) groups is 2. The van der Waals surface area contributed by atoms with Crippen LogP contribution in [-0.2, 0) is 9.59 Å². The van der Waals surface area contributed by atoms with E-state index < -0.39 is 23.5 Å². The number of aliphatic hydroxyl groups is 1. The lowest BCUT2D eigenvalue weighted by Gasteiger charge is -2.23. The van der Waals surface area contributed by atoms with E-state index in [0.717, 1.165) is 0 Å². The average Bonchev–Trinajstić information content (AvgIpc) is 3.35. The normalized spacial score (nSPS) is 18.1. The predicted octanol–water partition coefficient (Wildman–Crippen LogP) is 5.22. The first-order valence-corrected chi connectivity index (χ1v) is 9.62. The number of methoxy groups -OCH3 is 1. The quantitative estimate of drug-likeness (QED) is 0.339. The molecule has 0 radical (unpaired) electrons. The van der Waals surface area contributed by atoms with Crippen molar-refractivity contribution in [3.8, 4) is 5.75 Å². The Labute approximate surface area is 181 Å². The second kappa shape index (κ2) is 7.89. The van der Waals surface area contributed by atoms with E-state index in [4.69, 9.17) is 32.4 Å². The monoisotopic (exact) mass is 443 g/mol. The number of rotatable bonds is 4. The number of anilines is 1. The maximum atomic E-state index is 13.0. The molecule has 8 heteroatoms. The predicted molar refractivity (Wildman–Crippen MR) is 113 cm³/mol. The molecular weight excluding hydrogens is 429 g/mol. The first-order valence-electron chi connectivity index (χ1n) is 8.86. The third-order valence-electron chi connectivity index (χ3n) is 4.77. The van der Waals surface area contributed by atoms with Gasteiger partial charge in [-0.2, -0.15) is 0 Å². The van der Waals surface area contributed by atoms with Crippen LogP contribution in [0.1, 0.15) is 17.4 Å². The molecule has 0 spiro atoms. The number of halogens is 2. The van der Waals surface area contributed by atoms with Gasteiger partial charge in [0, 0.05) is 16.3 Å². The van der Waals surface area contributed by atoms with Crippen molar-refractivity contribution in [1.29, 1.82) is 0 Å². The van der Waals surface area contributed by atoms with Crippen LogP contribution in [-0.4, -0.2) is 23.9 Å². The topological polar surface area (TPSA) is 80.0 Å². The highest BCUT2D eigenvalue weighted by Crippen LogP contribution is 2.43. The van der Waals surface area contributed by atoms with Crippen molar-refractivity contribution in [1.82, 2.24) is 0 Å². The summed E-state index contributed by atoms with van der Waals surface area (Å²) >= 11 is 12.3. The Morgan fingerprint density at radius 1 is 1.10 bits per heavy atom. The number of nitrogens with zero attached hydrogens (tertiary/aromatic N) is 1. The van der Waals surface area contributed by atoms with Gasteiger partial charge in [0.2, 0.25) is 0 Å². The Morgan fingerprint density at radius 2 is 1.90 bits per heavy atom. The van der Waals surface area contributed by atoms with Crippen LogP contribution in [0.25, 0.3) is 5.76 Å². The molecule has 4 rings (SSSR count). The second-order valence-electron chi connectivity index (χ2n) is 6.51. The highest BCUT2D eigenvalue weighted by atomic mass is 35.5. The maximum Gasteiger partial charge on any atom is 0.300 e. The first kappa shape index (κ1) is 20.1. The molecule has 2 aromatic carbocycles. The van der Waals surface area contributed by atoms with Gasteiger partial charge in [-0.15, -0.1) is 0 Å². The first-order chi connectivity index (χ1) is 14.4. The zero-order valence-electron chi connectivity index (χ0n) is 15.6. The zero-order valence-corrected chi connectivity index (χ0v) is 17.1. The number of Topliss-reactive ketones (excluding diaryl/α,β-unsaturated/α-hetero) is 1. The van der Waals surface area contributed by atoms with Gasteiger partial charge in [-0.3, -0.25) is 14.5 Å². The number of furan rings is 1. The summed E-state index contributed by atoms with van der Waals surface area (Å²) in [6, 6.07) is 13.4. The number of carbonyl (C=O) groups excluding carboxylic acids is 2. The number of ketones is 1. The summed E-state index contributed by atoms with van der Waals surface area (Å²) in [5.74, 6) is -1.38. The van der Waals surface area contributed by atoms with Gasteiger partial charge >= 0.3 is 0 Å². The molecule has 1 atom stereocenters. The van der Waals surface area contributed by atoms with Crippen LogP contribution in [0.2, 0.25) is 10.0 Å². The Balaban J connectivity index is 1.96. The highest BCUT2D eigenvalue weighted by molar-refractivity contribution is 6.52. The van der Waals surface area contributed by atoms with Crippen LogP contribution in [0.5, 0.6) is 5.75 Å². The molecule has 0 aliphatic carbocycles. The lowest BCUT2D eigenvalue weighted by molar-refractivity contribution is -0.132. The van der Waals surface area contributed by atoms with Crippen LogP contribution in [0, 0.1) is 0 Å². The van der Waals surface area contributed by atoms with Crippen molar-refractivity contribution in [3.05, 3.63) is 87.8 Å². The lowest BCUT2D eigenvalue weighted by Crippen LogP contribution is -2.29. The summed E-state index contributed by atoms with van der Waals surface area (Å²) in [7, 11) is 1.47. The van der Waals surface area contributed by atoms with E-state index in [1.807, 2.05) is 0 Å². The molecule has 152 valence electrons. The van der Waals surface area contributed by atoms with Crippen molar-refractivity contribution in [2.75, 3.05) is 12.0 Å². The van der Waals surface area contributed by atoms with E-state index in [9.17, 15) is 14.7 Å². The lowest BCUT2D eigenvalue weighted by atomic mass is 9.99. The van der Waals surface area contributed by atoms with Crippen LogP contribution in [0.4, 0.5) is 5.69 Å². The molecule has 1 fully saturated rings. The van der Waals surface area contributed by atoms with Crippen LogP contribution >= 0.6 is 23.2 Å². The van der Waals surface area contributed by atoms with Crippen LogP contribution < -0.4 is 9.64 Å². The molecule has 1 amide bonds. The molecular formula is C22H15Cl2NO5. The molecule has 6 nitrogen and oxygen atoms in total. The molecule has 1 aromatic heterocycles. The number of hydrogen-bond acceptors (Lipinski definition) is 5. The van der Waals surface area contributed by atoms with E-state index in [-0.39, 0.29) is 16.2 Å². The minimum absolute atomic E-state index is 0.148. The van der Waals surface area contributed by atoms with Gasteiger partial charge in [0.15, 0.2) is 0 Å². The Kier molecular flexibility index (Phi) is 5.28. The Bertz CT molecular complexity index is 1170. The molecule has 1 aliphatic heterocycles. The summed E-state index contributed by atoms with van der Waals surface area (Å²) in [4.78, 5) is 27.2. The van der Waals surface area contributed by atoms with Crippen molar-refractivity contribution in [2.24, 2.45) is 0 Å². The van der Waals surface area contributed by atoms with Gasteiger partial charge in [0.1, 0.15) is 23.3 Å². The highest BCUT2D eigenvalue weighted by Gasteiger charge is 2.48. The fourth-order valence-electron chi connectivity index (χ4n) is 3.40. The maximum absolute atomic E-state index is 13.0. The molecule has 2 heterocycles. The Morgan fingerprint density at radius 3 is 2.57 bits per heavy atom. The minimum Gasteiger partial charge on any atom is -0.507 e. The van der Waals surface area contributed by atoms with Crippen molar-refractivity contribution in [2.45, 2.75) is 6.04 Å². The van der Waals surface area contributed by atoms with Crippen LogP contribution in [0.3, 0.4) is 0 Å². The fraction of sp³-hybridized carbons (Fsp3) is 0.0909. The van der Waals surface area contributed by atoms with Crippen molar-refractivity contribution < 1.29 is 23.8 Å². The fourth-order valence-corrected chi connectivity index (χ4v) is 3.79. The largest absolute Gasteiger partial charge is 0.507 e. The number of benzene rings is 2. The van der Waals surface area contributed by atoms with Gasteiger partial charge in [-0.1, -0.05) is 29.3 Å². The van der Waals surface area contributed by atoms with Gasteiger partial charge < -0.3 is 14.3 Å². The van der Waals surface area contributed by atoms with Crippen molar-refractivity contribution in [3.63, 3.8) is 0 Å². The molecule has 3 aromatic rings. The van der Waals surface area contributed by atoms with Crippen molar-refractivity contribution >= 4 is 46.3 Å². The molecule has 0 bridgehead atoms. The molecule has 0 saturated carbocycles. The molecule has 1 saturated heterocycles. The van der Waals surface area contributed by atoms with Crippen LogP contribution in [0.15, 0.2) is 70.9 Å². The number of hydrogen-bond donors (Lipinski definition) is 1. The third-order valence-corrected chi connectivity index (χ3v) is 5.34. The average molecular weight is 444 g/mol. The smallest absolute Gasteiger partial charge is 0.300 e. The van der Waals surface area contributed by atoms with Gasteiger partial charge in [0.25, 0.3) is 11.7 Å². The van der Waals surface area contributed by atoms with Gasteiger partial charge in [0.05, 0.1) is 24.0 Å². The summed E-state index contributed by atoms with van der Waals surface area (Å²) in [5, 5.41) is 11.7. The summed E-state index contributed by atoms with van der Waals surface area (Å²) in [6.45, 7) is 0. The SMILES string of the molecule is COc1ccc(Cl)c(/C(O)=C2/C(=O)C(=O)N(c3cccc(Cl)c3)C2c2ccco2)c1. The standard InChI is InChI=1S/C22H15Cl2NO5/c1-29-14-7-8-16(24)15(11-14)20(26)18-19(17-6-3-9-30-17)25(22(28)21(18)27)13-5-2-4-12(23)10-13/h2-11,19,26H,1H3/b20-18-. The molecule has 1 N–H and O–H groups in total. The number of ether oxygens (including phenoxy) is 1. The molecule has 1 unspecified atom stereocenters. The number of aliphatic hydroxyl groups excluding tert-OH is 1. The van der Waals surface area contributed by atoms with E-state index in [1.54, 1.807) is 42.5 Å². The number of amides is 1. The van der Waals surface area contributed by atoms with E-state index in [0.29, 0.717) is 22.2 Å². The minimum atomic E-state index is -0.999. The Hall–Kier alpha value is -3.22. The van der Waals surface area contributed by atoms with E-state index in [2.05, 4.69) is 0 Å². The van der Waals surface area contributed by atoms with Gasteiger partial charge in [-0.25, -0.2) is 0 Å². The molecule has 1 aliphatic rings. The summed E-state index contributed by atoms with van der Waals surface area (Å²) in [5.41, 5.74) is 0.406. The van der Waals surface area contributed by atoms with Gasteiger partial charge in [-0.05, 0) is 48.5 Å². The third kappa shape index (κ3) is 3.34. The van der Waals surface area contributed by atoms with E-state index >= 15 is 0 Å². The second-order valence-corrected chi connectivity index (χ2v) is 7.35. The zero-order chi connectivity index (χ0) is 21.4. The van der Waals surface area contributed by atoms with E-state index in [1.165, 1.54) is 30.4 Å². The summed E-state index contributed by atoms with van der Waals surface area (Å²) < 4.78 is 10.7. The summed E-state index contributed by atoms with van der Waals surface area (Å²) in [6.07, 6.45) is 1.42.